The van der Waals surface area contributed by atoms with Gasteiger partial charge in [-0.1, -0.05) is 168 Å². The van der Waals surface area contributed by atoms with E-state index in [0.29, 0.717) is 11.4 Å². The van der Waals surface area contributed by atoms with Gasteiger partial charge in [0.15, 0.2) is 0 Å². The van der Waals surface area contributed by atoms with E-state index < -0.39 is 0 Å². The van der Waals surface area contributed by atoms with Crippen molar-refractivity contribution in [2.75, 3.05) is 0 Å². The van der Waals surface area contributed by atoms with E-state index in [4.69, 9.17) is 11.1 Å². The van der Waals surface area contributed by atoms with Crippen LogP contribution in [0.3, 0.4) is 0 Å². The summed E-state index contributed by atoms with van der Waals surface area (Å²) in [7, 11) is 0. The van der Waals surface area contributed by atoms with Crippen LogP contribution >= 0.6 is 0 Å². The molecule has 6 aromatic carbocycles. The molecule has 0 saturated carbocycles. The van der Waals surface area contributed by atoms with E-state index in [1.807, 2.05) is 24.3 Å². The summed E-state index contributed by atoms with van der Waals surface area (Å²) in [6.45, 7) is 8.39. The summed E-state index contributed by atoms with van der Waals surface area (Å²) in [6, 6.07) is 50.4. The van der Waals surface area contributed by atoms with Crippen LogP contribution in [0.1, 0.15) is 33.4 Å². The van der Waals surface area contributed by atoms with Crippen molar-refractivity contribution in [3.05, 3.63) is 185 Å². The Labute approximate surface area is 268 Å². The molecule has 3 N–H and O–H groups in total. The molecule has 2 nitrogen and oxygen atoms in total. The number of allylic oxidation sites excluding steroid dienone is 1. The molecule has 222 valence electrons. The van der Waals surface area contributed by atoms with Gasteiger partial charge in [0.05, 0.1) is 5.71 Å². The third kappa shape index (κ3) is 8.34. The van der Waals surface area contributed by atoms with Gasteiger partial charge < -0.3 is 11.1 Å². The van der Waals surface area contributed by atoms with Gasteiger partial charge >= 0.3 is 0 Å². The number of benzene rings is 6. The number of hydrogen-bond donors (Lipinski definition) is 2. The van der Waals surface area contributed by atoms with Gasteiger partial charge in [0.25, 0.3) is 0 Å². The molecule has 0 spiro atoms. The van der Waals surface area contributed by atoms with Gasteiger partial charge in [-0.15, -0.1) is 0 Å². The first-order valence-corrected chi connectivity index (χ1v) is 15.3. The molecular formula is C43H40N2. The number of aryl methyl sites for hydroxylation is 4. The second-order valence-electron chi connectivity index (χ2n) is 11.6. The summed E-state index contributed by atoms with van der Waals surface area (Å²) in [5.41, 5.74) is 21.4. The summed E-state index contributed by atoms with van der Waals surface area (Å²) < 4.78 is 0. The Bertz CT molecular complexity index is 1830. The monoisotopic (exact) mass is 584 g/mol. The van der Waals surface area contributed by atoms with Crippen LogP contribution in [0.4, 0.5) is 0 Å². The second-order valence-corrected chi connectivity index (χ2v) is 11.6. The minimum absolute atomic E-state index is 0.399. The highest BCUT2D eigenvalue weighted by atomic mass is 14.6. The zero-order chi connectivity index (χ0) is 31.8. The quantitative estimate of drug-likeness (QED) is 0.188. The van der Waals surface area contributed by atoms with Crippen molar-refractivity contribution in [2.45, 2.75) is 27.7 Å². The number of rotatable bonds is 6. The minimum Gasteiger partial charge on any atom is -0.398 e. The zero-order valence-electron chi connectivity index (χ0n) is 26.5. The fraction of sp³-hybridized carbons (Fsp3) is 0.0930. The van der Waals surface area contributed by atoms with Gasteiger partial charge in [0.1, 0.15) is 0 Å². The number of hydrogen-bond acceptors (Lipinski definition) is 2. The van der Waals surface area contributed by atoms with Crippen molar-refractivity contribution in [3.8, 4) is 33.4 Å². The Morgan fingerprint density at radius 3 is 0.867 bits per heavy atom. The van der Waals surface area contributed by atoms with Gasteiger partial charge in [0, 0.05) is 5.70 Å². The van der Waals surface area contributed by atoms with E-state index in [2.05, 4.69) is 149 Å². The molecule has 6 aromatic rings. The average Bonchev–Trinajstić information content (AvgIpc) is 3.07. The molecule has 0 unspecified atom stereocenters. The van der Waals surface area contributed by atoms with Crippen LogP contribution in [0.5, 0.6) is 0 Å². The smallest absolute Gasteiger partial charge is 0.0632 e. The lowest BCUT2D eigenvalue weighted by Gasteiger charge is -2.07. The highest BCUT2D eigenvalue weighted by molar-refractivity contribution is 6.10. The van der Waals surface area contributed by atoms with Crippen molar-refractivity contribution in [1.82, 2.24) is 0 Å². The first kappa shape index (κ1) is 31.0. The molecule has 0 aromatic heterocycles. The highest BCUT2D eigenvalue weighted by Crippen LogP contribution is 2.24. The zero-order valence-corrected chi connectivity index (χ0v) is 26.5. The summed E-state index contributed by atoms with van der Waals surface area (Å²) in [5.74, 6) is 0. The molecule has 2 heteroatoms. The Morgan fingerprint density at radius 1 is 0.378 bits per heavy atom. The molecule has 0 radical (unpaired) electrons. The van der Waals surface area contributed by atoms with E-state index in [-0.39, 0.29) is 0 Å². The van der Waals surface area contributed by atoms with Crippen LogP contribution in [0, 0.1) is 33.1 Å². The first-order chi connectivity index (χ1) is 21.7. The van der Waals surface area contributed by atoms with Crippen LogP contribution in [0.2, 0.25) is 0 Å². The van der Waals surface area contributed by atoms with Gasteiger partial charge in [0.2, 0.25) is 0 Å². The van der Waals surface area contributed by atoms with Crippen LogP contribution in [0.25, 0.3) is 39.1 Å². The molecule has 0 heterocycles. The van der Waals surface area contributed by atoms with Crippen molar-refractivity contribution in [1.29, 1.82) is 5.41 Å². The predicted octanol–water partition coefficient (Wildman–Crippen LogP) is 11.0. The van der Waals surface area contributed by atoms with E-state index in [9.17, 15) is 0 Å². The Morgan fingerprint density at radius 2 is 0.600 bits per heavy atom. The molecule has 0 amide bonds. The van der Waals surface area contributed by atoms with Crippen LogP contribution in [-0.4, -0.2) is 5.71 Å². The van der Waals surface area contributed by atoms with E-state index in [1.54, 1.807) is 6.08 Å². The predicted molar refractivity (Wildman–Crippen MR) is 194 cm³/mol. The lowest BCUT2D eigenvalue weighted by Crippen LogP contribution is -2.02. The largest absolute Gasteiger partial charge is 0.398 e. The molecule has 0 atom stereocenters. The SMILES string of the molecule is Cc1ccc(-c2ccc(C(=N)/C=C(\N)c3ccc(-c4ccc(C)cc4)cc3)cc2)cc1.Cc1ccc(-c2ccc(C)cc2)cc1. The Balaban J connectivity index is 0.000000238. The summed E-state index contributed by atoms with van der Waals surface area (Å²) in [5, 5.41) is 8.45. The van der Waals surface area contributed by atoms with Gasteiger partial charge in [-0.05, 0) is 78.3 Å². The first-order valence-electron chi connectivity index (χ1n) is 15.3. The molecule has 0 bridgehead atoms. The Kier molecular flexibility index (Phi) is 9.87. The summed E-state index contributed by atoms with van der Waals surface area (Å²) in [6.07, 6.45) is 1.72. The van der Waals surface area contributed by atoms with Crippen LogP contribution in [-0.2, 0) is 0 Å². The second kappa shape index (κ2) is 14.3. The maximum Gasteiger partial charge on any atom is 0.0632 e. The third-order valence-corrected chi connectivity index (χ3v) is 7.92. The third-order valence-electron chi connectivity index (χ3n) is 7.92. The Hall–Kier alpha value is -5.47. The normalized spacial score (nSPS) is 11.0. The molecule has 0 saturated heterocycles. The number of nitrogens with one attached hydrogen (secondary N) is 1. The molecule has 45 heavy (non-hydrogen) atoms. The topological polar surface area (TPSA) is 49.9 Å². The lowest BCUT2D eigenvalue weighted by atomic mass is 9.99. The molecule has 0 fully saturated rings. The van der Waals surface area contributed by atoms with E-state index >= 15 is 0 Å². The van der Waals surface area contributed by atoms with Gasteiger partial charge in [-0.25, -0.2) is 0 Å². The van der Waals surface area contributed by atoms with E-state index in [1.165, 1.54) is 44.5 Å². The fourth-order valence-corrected chi connectivity index (χ4v) is 5.00. The lowest BCUT2D eigenvalue weighted by molar-refractivity contribution is 1.45. The maximum atomic E-state index is 8.45. The van der Waals surface area contributed by atoms with Gasteiger partial charge in [-0.2, -0.15) is 0 Å². The summed E-state index contributed by atoms with van der Waals surface area (Å²) in [4.78, 5) is 0. The minimum atomic E-state index is 0.399. The molecule has 6 rings (SSSR count). The summed E-state index contributed by atoms with van der Waals surface area (Å²) >= 11 is 0. The maximum absolute atomic E-state index is 8.45. The van der Waals surface area contributed by atoms with Crippen molar-refractivity contribution < 1.29 is 0 Å². The molecule has 0 aliphatic carbocycles. The molecular weight excluding hydrogens is 544 g/mol. The number of nitrogens with two attached hydrogens (primary N) is 1. The van der Waals surface area contributed by atoms with Gasteiger partial charge in [-0.3, -0.25) is 0 Å². The highest BCUT2D eigenvalue weighted by Gasteiger charge is 2.05. The van der Waals surface area contributed by atoms with Crippen LogP contribution in [0.15, 0.2) is 152 Å². The standard InChI is InChI=1S/C29H26N2.C14H14/c1-20-3-7-22(8-4-20)24-11-15-26(16-12-24)28(30)19-29(31)27-17-13-25(14-18-27)23-9-5-21(2)6-10-23;1-11-3-7-13(8-4-11)14-9-5-12(2)6-10-14/h3-19,30H,31H2,1-2H3;3-10H,1-2H3/b29-19-,30-28?;. The van der Waals surface area contributed by atoms with Crippen molar-refractivity contribution in [3.63, 3.8) is 0 Å². The molecule has 0 aliphatic heterocycles. The fourth-order valence-electron chi connectivity index (χ4n) is 5.00. The van der Waals surface area contributed by atoms with Crippen molar-refractivity contribution in [2.24, 2.45) is 5.73 Å². The molecule has 0 aliphatic rings. The van der Waals surface area contributed by atoms with Crippen LogP contribution < -0.4 is 5.73 Å². The van der Waals surface area contributed by atoms with E-state index in [0.717, 1.165) is 22.3 Å². The average molecular weight is 585 g/mol. The van der Waals surface area contributed by atoms with Crippen molar-refractivity contribution >= 4 is 11.4 Å².